The first-order valence-corrected chi connectivity index (χ1v) is 10.4. The monoisotopic (exact) mass is 372 g/mol. The number of benzene rings is 1. The van der Waals surface area contributed by atoms with E-state index in [9.17, 15) is 13.2 Å². The van der Waals surface area contributed by atoms with Crippen LogP contribution in [0.4, 0.5) is 0 Å². The molecule has 2 rings (SSSR count). The highest BCUT2D eigenvalue weighted by atomic mass is 35.5. The van der Waals surface area contributed by atoms with Crippen molar-refractivity contribution in [1.29, 1.82) is 0 Å². The normalized spacial score (nSPS) is 19.2. The molecular weight excluding hydrogens is 348 g/mol. The Morgan fingerprint density at radius 2 is 2.12 bits per heavy atom. The predicted molar refractivity (Wildman–Crippen MR) is 96.3 cm³/mol. The fourth-order valence-corrected chi connectivity index (χ4v) is 4.77. The summed E-state index contributed by atoms with van der Waals surface area (Å²) in [7, 11) is -3.48. The molecule has 1 aromatic carbocycles. The molecule has 0 radical (unpaired) electrons. The first-order valence-electron chi connectivity index (χ1n) is 8.43. The van der Waals surface area contributed by atoms with Gasteiger partial charge in [-0.15, -0.1) is 0 Å². The topological polar surface area (TPSA) is 66.5 Å². The van der Waals surface area contributed by atoms with Gasteiger partial charge >= 0.3 is 0 Å². The van der Waals surface area contributed by atoms with Crippen LogP contribution in [0.15, 0.2) is 24.3 Å². The fraction of sp³-hybridized carbons (Fsp3) is 0.588. The third-order valence-electron chi connectivity index (χ3n) is 4.27. The van der Waals surface area contributed by atoms with Gasteiger partial charge in [-0.1, -0.05) is 43.1 Å². The van der Waals surface area contributed by atoms with E-state index in [2.05, 4.69) is 12.2 Å². The van der Waals surface area contributed by atoms with Crippen LogP contribution in [0.1, 0.15) is 38.2 Å². The summed E-state index contributed by atoms with van der Waals surface area (Å²) in [5, 5.41) is 3.35. The van der Waals surface area contributed by atoms with Gasteiger partial charge in [0, 0.05) is 24.7 Å². The number of sulfonamides is 1. The zero-order valence-electron chi connectivity index (χ0n) is 14.0. The van der Waals surface area contributed by atoms with Gasteiger partial charge in [-0.25, -0.2) is 12.7 Å². The van der Waals surface area contributed by atoms with Crippen molar-refractivity contribution in [3.63, 3.8) is 0 Å². The lowest BCUT2D eigenvalue weighted by atomic mass is 9.99. The molecule has 0 saturated carbocycles. The molecule has 0 aromatic heterocycles. The molecule has 0 aliphatic carbocycles. The van der Waals surface area contributed by atoms with Crippen LogP contribution in [0.3, 0.4) is 0 Å². The lowest BCUT2D eigenvalue weighted by Gasteiger charge is -2.31. The average Bonchev–Trinajstić information content (AvgIpc) is 2.57. The van der Waals surface area contributed by atoms with Gasteiger partial charge in [0.15, 0.2) is 0 Å². The largest absolute Gasteiger partial charge is 0.356 e. The SMILES string of the molecule is CCCCNC(=O)[C@H]1CCCN(S(=O)(=O)Cc2ccccc2Cl)C1. The fourth-order valence-electron chi connectivity index (χ4n) is 2.85. The maximum Gasteiger partial charge on any atom is 0.224 e. The standard InChI is InChI=1S/C17H25ClN2O3S/c1-2-3-10-19-17(21)14-8-6-11-20(12-14)24(22,23)13-15-7-4-5-9-16(15)18/h4-5,7,9,14H,2-3,6,8,10-13H2,1H3,(H,19,21)/t14-/m0/s1. The van der Waals surface area contributed by atoms with Gasteiger partial charge in [0.1, 0.15) is 0 Å². The third-order valence-corrected chi connectivity index (χ3v) is 6.44. The Labute approximate surface area is 149 Å². The van der Waals surface area contributed by atoms with E-state index in [4.69, 9.17) is 11.6 Å². The molecule has 0 spiro atoms. The van der Waals surface area contributed by atoms with Crippen LogP contribution in [-0.2, 0) is 20.6 Å². The molecule has 0 unspecified atom stereocenters. The summed E-state index contributed by atoms with van der Waals surface area (Å²) < 4.78 is 26.8. The third kappa shape index (κ3) is 5.19. The molecule has 0 bridgehead atoms. The molecule has 24 heavy (non-hydrogen) atoms. The maximum absolute atomic E-state index is 12.7. The number of piperidine rings is 1. The van der Waals surface area contributed by atoms with Crippen LogP contribution in [0, 0.1) is 5.92 Å². The van der Waals surface area contributed by atoms with E-state index in [1.807, 2.05) is 0 Å². The second-order valence-corrected chi connectivity index (χ2v) is 8.57. The molecule has 1 aromatic rings. The minimum Gasteiger partial charge on any atom is -0.356 e. The Balaban J connectivity index is 2.00. The molecule has 1 aliphatic heterocycles. The predicted octanol–water partition coefficient (Wildman–Crippen LogP) is 2.80. The minimum atomic E-state index is -3.48. The Morgan fingerprint density at radius 1 is 1.38 bits per heavy atom. The number of unbranched alkanes of at least 4 members (excludes halogenated alkanes) is 1. The van der Waals surface area contributed by atoms with Crippen molar-refractivity contribution in [3.8, 4) is 0 Å². The summed E-state index contributed by atoms with van der Waals surface area (Å²) in [6, 6.07) is 6.96. The zero-order chi connectivity index (χ0) is 17.6. The Morgan fingerprint density at radius 3 is 2.83 bits per heavy atom. The van der Waals surface area contributed by atoms with Crippen LogP contribution in [0.25, 0.3) is 0 Å². The highest BCUT2D eigenvalue weighted by molar-refractivity contribution is 7.88. The van der Waals surface area contributed by atoms with Crippen LogP contribution in [-0.4, -0.2) is 38.3 Å². The zero-order valence-corrected chi connectivity index (χ0v) is 15.6. The molecule has 1 N–H and O–H groups in total. The molecular formula is C17H25ClN2O3S. The van der Waals surface area contributed by atoms with E-state index in [1.54, 1.807) is 24.3 Å². The van der Waals surface area contributed by atoms with Gasteiger partial charge in [0.05, 0.1) is 11.7 Å². The summed E-state index contributed by atoms with van der Waals surface area (Å²) >= 11 is 6.07. The second-order valence-electron chi connectivity index (χ2n) is 6.19. The molecule has 134 valence electrons. The molecule has 1 atom stereocenters. The molecule has 1 saturated heterocycles. The van der Waals surface area contributed by atoms with E-state index in [0.29, 0.717) is 30.1 Å². The van der Waals surface area contributed by atoms with Gasteiger partial charge < -0.3 is 5.32 Å². The van der Waals surface area contributed by atoms with Gasteiger partial charge in [-0.3, -0.25) is 4.79 Å². The smallest absolute Gasteiger partial charge is 0.224 e. The number of halogens is 1. The second kappa shape index (κ2) is 8.83. The molecule has 7 heteroatoms. The van der Waals surface area contributed by atoms with Crippen LogP contribution >= 0.6 is 11.6 Å². The van der Waals surface area contributed by atoms with E-state index < -0.39 is 10.0 Å². The Bertz CT molecular complexity index is 664. The molecule has 1 aliphatic rings. The van der Waals surface area contributed by atoms with Crippen molar-refractivity contribution in [1.82, 2.24) is 9.62 Å². The number of hydrogen-bond acceptors (Lipinski definition) is 3. The van der Waals surface area contributed by atoms with Crippen molar-refractivity contribution in [2.75, 3.05) is 19.6 Å². The number of hydrogen-bond donors (Lipinski definition) is 1. The average molecular weight is 373 g/mol. The number of nitrogens with zero attached hydrogens (tertiary/aromatic N) is 1. The number of carbonyl (C=O) groups is 1. The quantitative estimate of drug-likeness (QED) is 0.748. The molecule has 1 heterocycles. The first kappa shape index (κ1) is 19.2. The van der Waals surface area contributed by atoms with Gasteiger partial charge in [-0.2, -0.15) is 0 Å². The molecule has 5 nitrogen and oxygen atoms in total. The summed E-state index contributed by atoms with van der Waals surface area (Å²) in [4.78, 5) is 12.2. The van der Waals surface area contributed by atoms with Crippen molar-refractivity contribution in [3.05, 3.63) is 34.9 Å². The van der Waals surface area contributed by atoms with Gasteiger partial charge in [-0.05, 0) is 30.9 Å². The summed E-state index contributed by atoms with van der Waals surface area (Å²) in [6.07, 6.45) is 3.39. The number of amides is 1. The van der Waals surface area contributed by atoms with Gasteiger partial charge in [0.25, 0.3) is 0 Å². The number of rotatable bonds is 7. The minimum absolute atomic E-state index is 0.0407. The highest BCUT2D eigenvalue weighted by Crippen LogP contribution is 2.24. The van der Waals surface area contributed by atoms with E-state index >= 15 is 0 Å². The molecule has 1 fully saturated rings. The highest BCUT2D eigenvalue weighted by Gasteiger charge is 2.32. The van der Waals surface area contributed by atoms with Gasteiger partial charge in [0.2, 0.25) is 15.9 Å². The lowest BCUT2D eigenvalue weighted by molar-refractivity contribution is -0.126. The van der Waals surface area contributed by atoms with E-state index in [0.717, 1.165) is 19.3 Å². The Kier molecular flexibility index (Phi) is 7.07. The van der Waals surface area contributed by atoms with Crippen molar-refractivity contribution in [2.45, 2.75) is 38.4 Å². The molecule has 1 amide bonds. The lowest BCUT2D eigenvalue weighted by Crippen LogP contribution is -2.45. The van der Waals surface area contributed by atoms with Crippen LogP contribution in [0.2, 0.25) is 5.02 Å². The summed E-state index contributed by atoms with van der Waals surface area (Å²) in [6.45, 7) is 3.43. The van der Waals surface area contributed by atoms with Crippen LogP contribution < -0.4 is 5.32 Å². The summed E-state index contributed by atoms with van der Waals surface area (Å²) in [5.41, 5.74) is 0.591. The van der Waals surface area contributed by atoms with Crippen molar-refractivity contribution >= 4 is 27.5 Å². The summed E-state index contributed by atoms with van der Waals surface area (Å²) in [5.74, 6) is -0.436. The van der Waals surface area contributed by atoms with E-state index in [-0.39, 0.29) is 24.1 Å². The number of carbonyl (C=O) groups excluding carboxylic acids is 1. The van der Waals surface area contributed by atoms with Crippen LogP contribution in [0.5, 0.6) is 0 Å². The van der Waals surface area contributed by atoms with Crippen molar-refractivity contribution in [2.24, 2.45) is 5.92 Å². The first-order chi connectivity index (χ1) is 11.4. The van der Waals surface area contributed by atoms with Crippen molar-refractivity contribution < 1.29 is 13.2 Å². The Hall–Kier alpha value is -1.11. The maximum atomic E-state index is 12.7. The number of nitrogens with one attached hydrogen (secondary N) is 1. The van der Waals surface area contributed by atoms with E-state index in [1.165, 1.54) is 4.31 Å².